The second-order valence-corrected chi connectivity index (χ2v) is 7.33. The van der Waals surface area contributed by atoms with Gasteiger partial charge >= 0.3 is 0 Å². The molecule has 0 aromatic carbocycles. The van der Waals surface area contributed by atoms with Crippen LogP contribution in [0, 0.1) is 5.92 Å². The maximum Gasteiger partial charge on any atom is 0.225 e. The van der Waals surface area contributed by atoms with Crippen molar-refractivity contribution in [3.05, 3.63) is 29.3 Å². The Kier molecular flexibility index (Phi) is 5.13. The zero-order valence-corrected chi connectivity index (χ0v) is 14.5. The van der Waals surface area contributed by atoms with Crippen molar-refractivity contribution in [3.8, 4) is 10.6 Å². The van der Waals surface area contributed by atoms with Gasteiger partial charge in [-0.2, -0.15) is 5.10 Å². The fraction of sp³-hybridized carbons (Fsp3) is 0.529. The lowest BCUT2D eigenvalue weighted by molar-refractivity contribution is -0.135. The van der Waals surface area contributed by atoms with Crippen LogP contribution in [-0.4, -0.2) is 40.1 Å². The van der Waals surface area contributed by atoms with Crippen LogP contribution < -0.4 is 5.32 Å². The van der Waals surface area contributed by atoms with Gasteiger partial charge in [0.15, 0.2) is 0 Å². The number of H-pyrrole nitrogens is 1. The monoisotopic (exact) mass is 332 g/mol. The molecule has 0 bridgehead atoms. The van der Waals surface area contributed by atoms with Crippen LogP contribution in [0.25, 0.3) is 10.6 Å². The van der Waals surface area contributed by atoms with Crippen LogP contribution in [0.2, 0.25) is 0 Å². The van der Waals surface area contributed by atoms with Crippen LogP contribution in [0.5, 0.6) is 0 Å². The topological polar surface area (TPSA) is 61.0 Å². The third-order valence-corrected chi connectivity index (χ3v) is 5.25. The fourth-order valence-electron chi connectivity index (χ4n) is 3.00. The number of carbonyl (C=O) groups is 1. The summed E-state index contributed by atoms with van der Waals surface area (Å²) in [7, 11) is 0. The molecular weight excluding hydrogens is 308 g/mol. The summed E-state index contributed by atoms with van der Waals surface area (Å²) in [5.74, 6) is 0.372. The second kappa shape index (κ2) is 7.27. The summed E-state index contributed by atoms with van der Waals surface area (Å²) < 4.78 is 0. The highest BCUT2D eigenvalue weighted by Gasteiger charge is 2.24. The van der Waals surface area contributed by atoms with Gasteiger partial charge in [0.05, 0.1) is 16.8 Å². The standard InChI is InChI=1S/C17H24N4OS/c1-12(2)17(22)21-7-5-14(6-8-21)18-10-13-11-19-20-16(13)15-4-3-9-23-15/h3-4,9,11-12,14,18H,5-8,10H2,1-2H3,(H,19,20). The first kappa shape index (κ1) is 16.2. The minimum absolute atomic E-state index is 0.0961. The molecule has 23 heavy (non-hydrogen) atoms. The van der Waals surface area contributed by atoms with E-state index >= 15 is 0 Å². The number of aromatic nitrogens is 2. The maximum absolute atomic E-state index is 12.0. The van der Waals surface area contributed by atoms with E-state index in [1.165, 1.54) is 10.4 Å². The molecule has 3 heterocycles. The van der Waals surface area contributed by atoms with Gasteiger partial charge in [0.25, 0.3) is 0 Å². The van der Waals surface area contributed by atoms with E-state index in [9.17, 15) is 4.79 Å². The molecule has 0 saturated carbocycles. The SMILES string of the molecule is CC(C)C(=O)N1CCC(NCc2cn[nH]c2-c2cccs2)CC1. The van der Waals surface area contributed by atoms with Gasteiger partial charge < -0.3 is 10.2 Å². The van der Waals surface area contributed by atoms with Crippen molar-refractivity contribution in [2.45, 2.75) is 39.3 Å². The van der Waals surface area contributed by atoms with E-state index < -0.39 is 0 Å². The molecule has 2 aromatic rings. The lowest BCUT2D eigenvalue weighted by Crippen LogP contribution is -2.45. The second-order valence-electron chi connectivity index (χ2n) is 6.38. The zero-order valence-electron chi connectivity index (χ0n) is 13.7. The third kappa shape index (κ3) is 3.82. The minimum atomic E-state index is 0.0961. The van der Waals surface area contributed by atoms with E-state index in [2.05, 4.69) is 33.0 Å². The van der Waals surface area contributed by atoms with Crippen LogP contribution in [0.15, 0.2) is 23.7 Å². The molecule has 1 fully saturated rings. The molecule has 5 nitrogen and oxygen atoms in total. The summed E-state index contributed by atoms with van der Waals surface area (Å²) in [5, 5.41) is 13.0. The smallest absolute Gasteiger partial charge is 0.225 e. The quantitative estimate of drug-likeness (QED) is 0.885. The van der Waals surface area contributed by atoms with E-state index in [0.29, 0.717) is 6.04 Å². The number of hydrogen-bond acceptors (Lipinski definition) is 4. The molecule has 1 saturated heterocycles. The average Bonchev–Trinajstić information content (AvgIpc) is 3.23. The molecule has 124 valence electrons. The predicted octanol–water partition coefficient (Wildman–Crippen LogP) is 2.87. The molecule has 1 amide bonds. The molecule has 1 aliphatic rings. The number of aromatic amines is 1. The van der Waals surface area contributed by atoms with Crippen LogP contribution >= 0.6 is 11.3 Å². The molecule has 0 atom stereocenters. The number of carbonyl (C=O) groups excluding carboxylic acids is 1. The molecule has 1 aliphatic heterocycles. The van der Waals surface area contributed by atoms with Gasteiger partial charge in [0, 0.05) is 37.2 Å². The van der Waals surface area contributed by atoms with Gasteiger partial charge in [0.1, 0.15) is 0 Å². The minimum Gasteiger partial charge on any atom is -0.342 e. The number of nitrogens with one attached hydrogen (secondary N) is 2. The molecule has 0 radical (unpaired) electrons. The summed E-state index contributed by atoms with van der Waals surface area (Å²) in [6, 6.07) is 4.63. The van der Waals surface area contributed by atoms with Crippen molar-refractivity contribution >= 4 is 17.2 Å². The first-order valence-corrected chi connectivity index (χ1v) is 9.11. The summed E-state index contributed by atoms with van der Waals surface area (Å²) >= 11 is 1.72. The lowest BCUT2D eigenvalue weighted by Gasteiger charge is -2.33. The Morgan fingerprint density at radius 2 is 2.26 bits per heavy atom. The summed E-state index contributed by atoms with van der Waals surface area (Å²) in [4.78, 5) is 15.2. The fourth-order valence-corrected chi connectivity index (χ4v) is 3.76. The predicted molar refractivity (Wildman–Crippen MR) is 93.2 cm³/mol. The average molecular weight is 332 g/mol. The number of thiophene rings is 1. The normalized spacial score (nSPS) is 16.2. The van der Waals surface area contributed by atoms with Gasteiger partial charge in [-0.3, -0.25) is 9.89 Å². The van der Waals surface area contributed by atoms with Crippen LogP contribution in [0.3, 0.4) is 0 Å². The Hall–Kier alpha value is -1.66. The number of nitrogens with zero attached hydrogens (tertiary/aromatic N) is 2. The summed E-state index contributed by atoms with van der Waals surface area (Å²) in [6.07, 6.45) is 3.94. The van der Waals surface area contributed by atoms with E-state index in [1.54, 1.807) is 11.3 Å². The van der Waals surface area contributed by atoms with Crippen LogP contribution in [0.4, 0.5) is 0 Å². The van der Waals surface area contributed by atoms with Crippen molar-refractivity contribution in [1.82, 2.24) is 20.4 Å². The summed E-state index contributed by atoms with van der Waals surface area (Å²) in [5.41, 5.74) is 2.31. The number of likely N-dealkylation sites (tertiary alicyclic amines) is 1. The molecule has 2 aromatic heterocycles. The number of rotatable bonds is 5. The Morgan fingerprint density at radius 1 is 1.48 bits per heavy atom. The van der Waals surface area contributed by atoms with E-state index in [1.807, 2.05) is 24.9 Å². The highest BCUT2D eigenvalue weighted by Crippen LogP contribution is 2.26. The zero-order chi connectivity index (χ0) is 16.2. The van der Waals surface area contributed by atoms with Gasteiger partial charge in [-0.05, 0) is 24.3 Å². The van der Waals surface area contributed by atoms with Crippen molar-refractivity contribution in [3.63, 3.8) is 0 Å². The van der Waals surface area contributed by atoms with Gasteiger partial charge in [-0.15, -0.1) is 11.3 Å². The van der Waals surface area contributed by atoms with Crippen molar-refractivity contribution in [2.75, 3.05) is 13.1 Å². The largest absolute Gasteiger partial charge is 0.342 e. The number of hydrogen-bond donors (Lipinski definition) is 2. The van der Waals surface area contributed by atoms with Gasteiger partial charge in [0.2, 0.25) is 5.91 Å². The van der Waals surface area contributed by atoms with E-state index in [0.717, 1.165) is 38.2 Å². The van der Waals surface area contributed by atoms with Crippen molar-refractivity contribution in [2.24, 2.45) is 5.92 Å². The maximum atomic E-state index is 12.0. The lowest BCUT2D eigenvalue weighted by atomic mass is 10.0. The molecule has 0 aliphatic carbocycles. The van der Waals surface area contributed by atoms with Crippen molar-refractivity contribution in [1.29, 1.82) is 0 Å². The molecule has 3 rings (SSSR count). The Bertz CT molecular complexity index is 627. The van der Waals surface area contributed by atoms with Crippen LogP contribution in [-0.2, 0) is 11.3 Å². The number of amides is 1. The molecular formula is C17H24N4OS. The molecule has 2 N–H and O–H groups in total. The van der Waals surface area contributed by atoms with Gasteiger partial charge in [-0.1, -0.05) is 19.9 Å². The van der Waals surface area contributed by atoms with Crippen molar-refractivity contribution < 1.29 is 4.79 Å². The summed E-state index contributed by atoms with van der Waals surface area (Å²) in [6.45, 7) is 6.47. The molecule has 0 unspecified atom stereocenters. The highest BCUT2D eigenvalue weighted by molar-refractivity contribution is 7.13. The van der Waals surface area contributed by atoms with Gasteiger partial charge in [-0.25, -0.2) is 0 Å². The van der Waals surface area contributed by atoms with E-state index in [4.69, 9.17) is 0 Å². The molecule has 0 spiro atoms. The Morgan fingerprint density at radius 3 is 2.91 bits per heavy atom. The Labute approximate surface area is 141 Å². The Balaban J connectivity index is 1.51. The third-order valence-electron chi connectivity index (χ3n) is 4.37. The first-order chi connectivity index (χ1) is 11.1. The highest BCUT2D eigenvalue weighted by atomic mass is 32.1. The first-order valence-electron chi connectivity index (χ1n) is 8.23. The number of piperidine rings is 1. The van der Waals surface area contributed by atoms with Crippen LogP contribution in [0.1, 0.15) is 32.3 Å². The molecule has 6 heteroatoms. The van der Waals surface area contributed by atoms with E-state index in [-0.39, 0.29) is 11.8 Å².